The SMILES string of the molecule is c1ccc(P(CCSc2cc(-c3ccccn3)nc(-c3ccccn3)c2)c2ccccc2)cc1.c1ccc(P(CCSc2cc(-c3ccccn3)nc(-c3ccccn3)c2)c2ccccc2)cc1. The molecule has 10 aromatic rings. The molecule has 6 heterocycles. The molecular weight excluding hydrogens is 907 g/mol. The zero-order valence-corrected chi connectivity index (χ0v) is 40.7. The molecule has 68 heavy (non-hydrogen) atoms. The quantitative estimate of drug-likeness (QED) is 0.0700. The lowest BCUT2D eigenvalue weighted by molar-refractivity contribution is 1.19. The van der Waals surface area contributed by atoms with Crippen LogP contribution in [-0.4, -0.2) is 53.7 Å². The average Bonchev–Trinajstić information content (AvgIpc) is 3.43. The van der Waals surface area contributed by atoms with Crippen LogP contribution in [0.3, 0.4) is 0 Å². The maximum Gasteiger partial charge on any atom is 0.0905 e. The molecule has 332 valence electrons. The Morgan fingerprint density at radius 3 is 0.765 bits per heavy atom. The van der Waals surface area contributed by atoms with E-state index in [1.807, 2.05) is 121 Å². The van der Waals surface area contributed by atoms with Crippen LogP contribution < -0.4 is 21.2 Å². The van der Waals surface area contributed by atoms with E-state index < -0.39 is 15.8 Å². The van der Waals surface area contributed by atoms with E-state index in [9.17, 15) is 0 Å². The van der Waals surface area contributed by atoms with Crippen LogP contribution in [0.2, 0.25) is 0 Å². The third kappa shape index (κ3) is 12.9. The Balaban J connectivity index is 0.000000170. The molecule has 10 rings (SSSR count). The summed E-state index contributed by atoms with van der Waals surface area (Å²) < 4.78 is 0. The van der Waals surface area contributed by atoms with Crippen LogP contribution in [0, 0.1) is 0 Å². The molecule has 0 aliphatic rings. The predicted octanol–water partition coefficient (Wildman–Crippen LogP) is 12.9. The van der Waals surface area contributed by atoms with Crippen molar-refractivity contribution >= 4 is 60.6 Å². The second kappa shape index (κ2) is 24.4. The van der Waals surface area contributed by atoms with E-state index in [2.05, 4.69) is 166 Å². The summed E-state index contributed by atoms with van der Waals surface area (Å²) in [4.78, 5) is 30.2. The third-order valence-corrected chi connectivity index (χ3v) is 18.3. The monoisotopic (exact) mass is 954 g/mol. The lowest BCUT2D eigenvalue weighted by Gasteiger charge is -2.18. The zero-order chi connectivity index (χ0) is 46.0. The van der Waals surface area contributed by atoms with Crippen LogP contribution in [0.4, 0.5) is 0 Å². The summed E-state index contributed by atoms with van der Waals surface area (Å²) in [5.74, 6) is 2.03. The van der Waals surface area contributed by atoms with Gasteiger partial charge in [0.25, 0.3) is 0 Å². The zero-order valence-electron chi connectivity index (χ0n) is 37.3. The van der Waals surface area contributed by atoms with Crippen LogP contribution in [0.1, 0.15) is 0 Å². The molecule has 0 N–H and O–H groups in total. The van der Waals surface area contributed by atoms with Gasteiger partial charge < -0.3 is 0 Å². The summed E-state index contributed by atoms with van der Waals surface area (Å²) in [7, 11) is -0.823. The van der Waals surface area contributed by atoms with E-state index >= 15 is 0 Å². The molecule has 4 aromatic carbocycles. The van der Waals surface area contributed by atoms with Gasteiger partial charge in [-0.25, -0.2) is 9.97 Å². The predicted molar refractivity (Wildman–Crippen MR) is 291 cm³/mol. The number of benzene rings is 4. The van der Waals surface area contributed by atoms with Gasteiger partial charge in [0.05, 0.1) is 45.6 Å². The molecule has 6 nitrogen and oxygen atoms in total. The molecule has 0 bridgehead atoms. The smallest absolute Gasteiger partial charge is 0.0905 e. The maximum absolute atomic E-state index is 4.88. The maximum atomic E-state index is 4.88. The molecule has 0 saturated heterocycles. The highest BCUT2D eigenvalue weighted by Crippen LogP contribution is 2.38. The summed E-state index contributed by atoms with van der Waals surface area (Å²) in [5, 5.41) is 5.68. The lowest BCUT2D eigenvalue weighted by atomic mass is 10.2. The number of rotatable bonds is 16. The molecule has 6 aromatic heterocycles. The number of hydrogen-bond donors (Lipinski definition) is 0. The Labute approximate surface area is 410 Å². The standard InChI is InChI=1S/2C29H24N3PS/c2*1-3-11-23(12-4-1)33(24-13-5-2-6-14-24)19-20-34-25-21-28(26-15-7-9-17-30-26)32-29(22-25)27-16-8-10-18-31-27/h2*1-18,21-22H,19-20H2. The van der Waals surface area contributed by atoms with E-state index in [-0.39, 0.29) is 0 Å². The molecule has 0 fully saturated rings. The molecule has 0 saturated carbocycles. The van der Waals surface area contributed by atoms with Gasteiger partial charge in [0, 0.05) is 46.1 Å². The molecular formula is C58H48N6P2S2. The molecule has 0 amide bonds. The van der Waals surface area contributed by atoms with Crippen molar-refractivity contribution in [2.24, 2.45) is 0 Å². The fourth-order valence-corrected chi connectivity index (χ4v) is 14.7. The fraction of sp³-hybridized carbons (Fsp3) is 0.0690. The van der Waals surface area contributed by atoms with Gasteiger partial charge in [-0.05, 0) is 122 Å². The molecule has 0 atom stereocenters. The topological polar surface area (TPSA) is 77.3 Å². The van der Waals surface area contributed by atoms with Gasteiger partial charge in [0.2, 0.25) is 0 Å². The van der Waals surface area contributed by atoms with Gasteiger partial charge in [0.1, 0.15) is 0 Å². The van der Waals surface area contributed by atoms with Crippen LogP contribution in [-0.2, 0) is 0 Å². The second-order valence-corrected chi connectivity index (χ2v) is 22.4. The van der Waals surface area contributed by atoms with Crippen molar-refractivity contribution < 1.29 is 0 Å². The Morgan fingerprint density at radius 1 is 0.279 bits per heavy atom. The van der Waals surface area contributed by atoms with Gasteiger partial charge in [-0.1, -0.05) is 146 Å². The van der Waals surface area contributed by atoms with Crippen LogP contribution >= 0.6 is 39.4 Å². The van der Waals surface area contributed by atoms with Crippen molar-refractivity contribution in [3.05, 3.63) is 243 Å². The number of nitrogens with zero attached hydrogens (tertiary/aromatic N) is 6. The first-order valence-corrected chi connectivity index (χ1v) is 27.5. The van der Waals surface area contributed by atoms with Gasteiger partial charge >= 0.3 is 0 Å². The number of thioether (sulfide) groups is 2. The molecule has 0 aliphatic carbocycles. The fourth-order valence-electron chi connectivity index (χ4n) is 7.52. The van der Waals surface area contributed by atoms with E-state index in [0.717, 1.165) is 69.4 Å². The summed E-state index contributed by atoms with van der Waals surface area (Å²) in [6.45, 7) is 0. The Kier molecular flexibility index (Phi) is 16.7. The van der Waals surface area contributed by atoms with Crippen LogP contribution in [0.15, 0.2) is 253 Å². The lowest BCUT2D eigenvalue weighted by Crippen LogP contribution is -2.14. The van der Waals surface area contributed by atoms with Gasteiger partial charge in [-0.2, -0.15) is 0 Å². The number of aromatic nitrogens is 6. The summed E-state index contributed by atoms with van der Waals surface area (Å²) >= 11 is 3.75. The minimum atomic E-state index is -0.411. The third-order valence-electron chi connectivity index (χ3n) is 10.7. The van der Waals surface area contributed by atoms with E-state index in [1.54, 1.807) is 0 Å². The van der Waals surface area contributed by atoms with Crippen LogP contribution in [0.5, 0.6) is 0 Å². The van der Waals surface area contributed by atoms with E-state index in [4.69, 9.17) is 9.97 Å². The highest BCUT2D eigenvalue weighted by Gasteiger charge is 2.17. The minimum absolute atomic E-state index is 0.411. The largest absolute Gasteiger partial charge is 0.255 e. The molecule has 0 aliphatic heterocycles. The van der Waals surface area contributed by atoms with E-state index in [0.29, 0.717) is 0 Å². The molecule has 0 unspecified atom stereocenters. The van der Waals surface area contributed by atoms with Crippen molar-refractivity contribution in [1.29, 1.82) is 0 Å². The van der Waals surface area contributed by atoms with Crippen LogP contribution in [0.25, 0.3) is 45.6 Å². The average molecular weight is 955 g/mol. The summed E-state index contributed by atoms with van der Waals surface area (Å²) in [6, 6.07) is 75.8. The van der Waals surface area contributed by atoms with E-state index in [1.165, 1.54) is 31.0 Å². The van der Waals surface area contributed by atoms with Gasteiger partial charge in [-0.3, -0.25) is 19.9 Å². The first kappa shape index (κ1) is 46.5. The number of hydrogen-bond acceptors (Lipinski definition) is 8. The Hall–Kier alpha value is -6.66. The molecule has 10 heteroatoms. The first-order chi connectivity index (χ1) is 33.7. The minimum Gasteiger partial charge on any atom is -0.255 e. The van der Waals surface area contributed by atoms with Crippen molar-refractivity contribution in [2.75, 3.05) is 23.8 Å². The normalized spacial score (nSPS) is 11.0. The van der Waals surface area contributed by atoms with Crippen molar-refractivity contribution in [3.63, 3.8) is 0 Å². The van der Waals surface area contributed by atoms with Crippen molar-refractivity contribution in [2.45, 2.75) is 9.79 Å². The highest BCUT2D eigenvalue weighted by atomic mass is 32.2. The first-order valence-electron chi connectivity index (χ1n) is 22.4. The molecule has 0 radical (unpaired) electrons. The summed E-state index contributed by atoms with van der Waals surface area (Å²) in [5.41, 5.74) is 6.99. The Morgan fingerprint density at radius 2 is 0.529 bits per heavy atom. The second-order valence-electron chi connectivity index (χ2n) is 15.3. The Bertz CT molecular complexity index is 2650. The van der Waals surface area contributed by atoms with Gasteiger partial charge in [0.15, 0.2) is 0 Å². The van der Waals surface area contributed by atoms with Crippen molar-refractivity contribution in [1.82, 2.24) is 29.9 Å². The molecule has 0 spiro atoms. The highest BCUT2D eigenvalue weighted by molar-refractivity contribution is 8.00. The van der Waals surface area contributed by atoms with Gasteiger partial charge in [-0.15, -0.1) is 23.5 Å². The number of pyridine rings is 6. The summed E-state index contributed by atoms with van der Waals surface area (Å²) in [6.07, 6.45) is 9.45. The van der Waals surface area contributed by atoms with Crippen molar-refractivity contribution in [3.8, 4) is 45.6 Å².